The van der Waals surface area contributed by atoms with Crippen molar-refractivity contribution in [2.45, 2.75) is 77.0 Å². The van der Waals surface area contributed by atoms with Gasteiger partial charge >= 0.3 is 5.97 Å². The molecular formula is C26H34N4O4. The highest BCUT2D eigenvalue weighted by Crippen LogP contribution is 2.27. The van der Waals surface area contributed by atoms with Gasteiger partial charge in [-0.15, -0.1) is 0 Å². The van der Waals surface area contributed by atoms with Gasteiger partial charge in [0.1, 0.15) is 23.4 Å². The summed E-state index contributed by atoms with van der Waals surface area (Å²) in [5.41, 5.74) is 0.347. The molecule has 1 unspecified atom stereocenters. The molecule has 2 amide bonds. The average Bonchev–Trinajstić information content (AvgIpc) is 2.82. The highest BCUT2D eigenvalue weighted by Gasteiger charge is 2.35. The Kier molecular flexibility index (Phi) is 8.73. The van der Waals surface area contributed by atoms with Gasteiger partial charge in [0.2, 0.25) is 5.91 Å². The molecule has 0 aliphatic heterocycles. The van der Waals surface area contributed by atoms with E-state index in [0.29, 0.717) is 0 Å². The molecule has 0 spiro atoms. The maximum atomic E-state index is 13.5. The van der Waals surface area contributed by atoms with Gasteiger partial charge in [-0.3, -0.25) is 14.6 Å². The molecule has 0 radical (unpaired) electrons. The van der Waals surface area contributed by atoms with Crippen molar-refractivity contribution in [3.8, 4) is 0 Å². The maximum Gasteiger partial charge on any atom is 0.329 e. The van der Waals surface area contributed by atoms with E-state index in [-0.39, 0.29) is 18.0 Å². The molecule has 1 heterocycles. The SMILES string of the molecule is CC(C)(C)OC(=O)C(Cc1ccccc1)NC(=O)[C@@H](NC(=O)c1cnccn1)C1CCCCC1. The molecule has 1 aliphatic rings. The fraction of sp³-hybridized carbons (Fsp3) is 0.500. The maximum absolute atomic E-state index is 13.5. The van der Waals surface area contributed by atoms with E-state index in [4.69, 9.17) is 4.74 Å². The summed E-state index contributed by atoms with van der Waals surface area (Å²) in [6.07, 6.45) is 9.33. The molecule has 1 fully saturated rings. The van der Waals surface area contributed by atoms with Crippen LogP contribution in [0, 0.1) is 5.92 Å². The topological polar surface area (TPSA) is 110 Å². The first-order valence-corrected chi connectivity index (χ1v) is 11.9. The molecule has 1 aromatic carbocycles. The van der Waals surface area contributed by atoms with Crippen LogP contribution in [0.15, 0.2) is 48.9 Å². The number of carbonyl (C=O) groups excluding carboxylic acids is 3. The molecule has 2 aromatic rings. The van der Waals surface area contributed by atoms with Gasteiger partial charge in [0.15, 0.2) is 0 Å². The zero-order chi connectivity index (χ0) is 24.6. The van der Waals surface area contributed by atoms with E-state index < -0.39 is 35.5 Å². The number of carbonyl (C=O) groups is 3. The van der Waals surface area contributed by atoms with E-state index >= 15 is 0 Å². The molecule has 2 N–H and O–H groups in total. The second-order valence-corrected chi connectivity index (χ2v) is 9.72. The van der Waals surface area contributed by atoms with Crippen molar-refractivity contribution in [3.63, 3.8) is 0 Å². The summed E-state index contributed by atoms with van der Waals surface area (Å²) in [4.78, 5) is 47.3. The molecule has 1 saturated carbocycles. The monoisotopic (exact) mass is 466 g/mol. The van der Waals surface area contributed by atoms with Crippen molar-refractivity contribution in [1.82, 2.24) is 20.6 Å². The number of hydrogen-bond donors (Lipinski definition) is 2. The predicted octanol–water partition coefficient (Wildman–Crippen LogP) is 3.22. The van der Waals surface area contributed by atoms with Crippen molar-refractivity contribution >= 4 is 17.8 Å². The number of ether oxygens (including phenoxy) is 1. The van der Waals surface area contributed by atoms with Crippen LogP contribution in [0.5, 0.6) is 0 Å². The van der Waals surface area contributed by atoms with Crippen molar-refractivity contribution in [3.05, 3.63) is 60.2 Å². The normalized spacial score (nSPS) is 16.2. The van der Waals surface area contributed by atoms with Crippen LogP contribution in [-0.2, 0) is 20.7 Å². The van der Waals surface area contributed by atoms with Gasteiger partial charge in [-0.05, 0) is 45.1 Å². The largest absolute Gasteiger partial charge is 0.458 e. The molecule has 8 nitrogen and oxygen atoms in total. The minimum Gasteiger partial charge on any atom is -0.458 e. The van der Waals surface area contributed by atoms with Crippen molar-refractivity contribution in [1.29, 1.82) is 0 Å². The number of hydrogen-bond acceptors (Lipinski definition) is 6. The minimum absolute atomic E-state index is 0.0228. The van der Waals surface area contributed by atoms with Crippen LogP contribution in [0.4, 0.5) is 0 Å². The summed E-state index contributed by atoms with van der Waals surface area (Å²) in [7, 11) is 0. The van der Waals surface area contributed by atoms with E-state index in [2.05, 4.69) is 20.6 Å². The van der Waals surface area contributed by atoms with Gasteiger partial charge in [-0.1, -0.05) is 49.6 Å². The number of aromatic nitrogens is 2. The Bertz CT molecular complexity index is 954. The van der Waals surface area contributed by atoms with Crippen LogP contribution < -0.4 is 10.6 Å². The molecule has 182 valence electrons. The number of nitrogens with one attached hydrogen (secondary N) is 2. The Morgan fingerprint density at radius 1 is 1.03 bits per heavy atom. The third-order valence-corrected chi connectivity index (χ3v) is 5.78. The minimum atomic E-state index is -0.881. The zero-order valence-corrected chi connectivity index (χ0v) is 20.1. The van der Waals surface area contributed by atoms with E-state index in [9.17, 15) is 14.4 Å². The standard InChI is InChI=1S/C26H34N4O4/c1-26(2,3)34-25(33)20(16-18-10-6-4-7-11-18)29-24(32)22(19-12-8-5-9-13-19)30-23(31)21-17-27-14-15-28-21/h4,6-7,10-11,14-15,17,19-20,22H,5,8-9,12-13,16H2,1-3H3,(H,29,32)(H,30,31)/t20?,22-/m0/s1. The van der Waals surface area contributed by atoms with Crippen LogP contribution in [0.1, 0.15) is 68.9 Å². The molecule has 8 heteroatoms. The highest BCUT2D eigenvalue weighted by atomic mass is 16.6. The Hall–Kier alpha value is -3.29. The second kappa shape index (κ2) is 11.7. The fourth-order valence-electron chi connectivity index (χ4n) is 4.17. The Morgan fingerprint density at radius 2 is 1.74 bits per heavy atom. The summed E-state index contributed by atoms with van der Waals surface area (Å²) in [5.74, 6) is -1.38. The lowest BCUT2D eigenvalue weighted by Gasteiger charge is -2.31. The summed E-state index contributed by atoms with van der Waals surface area (Å²) in [5, 5.41) is 5.73. The number of benzene rings is 1. The van der Waals surface area contributed by atoms with Gasteiger partial charge < -0.3 is 15.4 Å². The highest BCUT2D eigenvalue weighted by molar-refractivity contribution is 5.96. The van der Waals surface area contributed by atoms with Crippen LogP contribution in [0.2, 0.25) is 0 Å². The summed E-state index contributed by atoms with van der Waals surface area (Å²) in [6.45, 7) is 5.37. The molecule has 34 heavy (non-hydrogen) atoms. The zero-order valence-electron chi connectivity index (χ0n) is 20.1. The molecular weight excluding hydrogens is 432 g/mol. The Labute approximate surface area is 200 Å². The lowest BCUT2D eigenvalue weighted by Crippen LogP contribution is -2.56. The lowest BCUT2D eigenvalue weighted by atomic mass is 9.83. The number of esters is 1. The van der Waals surface area contributed by atoms with Gasteiger partial charge in [0, 0.05) is 18.8 Å². The van der Waals surface area contributed by atoms with E-state index in [1.807, 2.05) is 30.3 Å². The first kappa shape index (κ1) is 25.3. The van der Waals surface area contributed by atoms with Gasteiger partial charge in [0.05, 0.1) is 6.20 Å². The molecule has 1 aliphatic carbocycles. The summed E-state index contributed by atoms with van der Waals surface area (Å²) >= 11 is 0. The van der Waals surface area contributed by atoms with Crippen molar-refractivity contribution in [2.75, 3.05) is 0 Å². The Morgan fingerprint density at radius 3 is 2.35 bits per heavy atom. The molecule has 2 atom stereocenters. The smallest absolute Gasteiger partial charge is 0.329 e. The Balaban J connectivity index is 1.80. The van der Waals surface area contributed by atoms with Crippen molar-refractivity contribution in [2.24, 2.45) is 5.92 Å². The van der Waals surface area contributed by atoms with Crippen LogP contribution in [0.3, 0.4) is 0 Å². The summed E-state index contributed by atoms with van der Waals surface area (Å²) < 4.78 is 5.59. The van der Waals surface area contributed by atoms with Gasteiger partial charge in [-0.2, -0.15) is 0 Å². The van der Waals surface area contributed by atoms with E-state index in [1.165, 1.54) is 18.6 Å². The van der Waals surface area contributed by atoms with Crippen LogP contribution in [0.25, 0.3) is 0 Å². The molecule has 0 saturated heterocycles. The van der Waals surface area contributed by atoms with Crippen molar-refractivity contribution < 1.29 is 19.1 Å². The lowest BCUT2D eigenvalue weighted by molar-refractivity contribution is -0.158. The van der Waals surface area contributed by atoms with Crippen LogP contribution in [-0.4, -0.2) is 45.4 Å². The predicted molar refractivity (Wildman–Crippen MR) is 128 cm³/mol. The van der Waals surface area contributed by atoms with E-state index in [1.54, 1.807) is 20.8 Å². The first-order valence-electron chi connectivity index (χ1n) is 11.9. The number of rotatable bonds is 8. The molecule has 1 aromatic heterocycles. The third kappa shape index (κ3) is 7.64. The fourth-order valence-corrected chi connectivity index (χ4v) is 4.17. The van der Waals surface area contributed by atoms with Crippen LogP contribution >= 0.6 is 0 Å². The van der Waals surface area contributed by atoms with Gasteiger partial charge in [0.25, 0.3) is 5.91 Å². The number of nitrogens with zero attached hydrogens (tertiary/aromatic N) is 2. The molecule has 0 bridgehead atoms. The summed E-state index contributed by atoms with van der Waals surface area (Å²) in [6, 6.07) is 7.80. The van der Waals surface area contributed by atoms with E-state index in [0.717, 1.165) is 37.7 Å². The molecule has 3 rings (SSSR count). The average molecular weight is 467 g/mol. The quantitative estimate of drug-likeness (QED) is 0.578. The number of amides is 2. The second-order valence-electron chi connectivity index (χ2n) is 9.72. The first-order chi connectivity index (χ1) is 16.2. The van der Waals surface area contributed by atoms with Gasteiger partial charge in [-0.25, -0.2) is 9.78 Å². The third-order valence-electron chi connectivity index (χ3n) is 5.78.